The van der Waals surface area contributed by atoms with Crippen molar-refractivity contribution in [3.8, 4) is 0 Å². The van der Waals surface area contributed by atoms with Crippen LogP contribution in [0.25, 0.3) is 0 Å². The molecule has 18 heavy (non-hydrogen) atoms. The zero-order chi connectivity index (χ0) is 13.4. The Balaban J connectivity index is 2.56. The summed E-state index contributed by atoms with van der Waals surface area (Å²) in [5.74, 6) is 0.579. The number of rotatable bonds is 8. The van der Waals surface area contributed by atoms with Crippen LogP contribution in [0.3, 0.4) is 0 Å². The molecule has 1 rings (SSSR count). The quantitative estimate of drug-likeness (QED) is 0.729. The van der Waals surface area contributed by atoms with Gasteiger partial charge in [-0.25, -0.2) is 0 Å². The molecule has 0 aromatic heterocycles. The normalized spacial score (nSPS) is 14.7. The fourth-order valence-corrected chi connectivity index (χ4v) is 2.31. The van der Waals surface area contributed by atoms with E-state index in [9.17, 15) is 0 Å². The third-order valence-corrected chi connectivity index (χ3v) is 4.05. The average molecular weight is 269 g/mol. The van der Waals surface area contributed by atoms with Crippen LogP contribution >= 0.6 is 11.6 Å². The van der Waals surface area contributed by atoms with E-state index in [1.54, 1.807) is 0 Å². The predicted molar refractivity (Wildman–Crippen MR) is 80.3 cm³/mol. The van der Waals surface area contributed by atoms with Gasteiger partial charge in [0, 0.05) is 19.0 Å². The van der Waals surface area contributed by atoms with Crippen LogP contribution in [0.2, 0.25) is 0 Å². The van der Waals surface area contributed by atoms with Crippen molar-refractivity contribution in [2.75, 3.05) is 32.1 Å². The van der Waals surface area contributed by atoms with Crippen LogP contribution in [0, 0.1) is 0 Å². The predicted octanol–water partition coefficient (Wildman–Crippen LogP) is 3.07. The van der Waals surface area contributed by atoms with Gasteiger partial charge in [0.1, 0.15) is 0 Å². The lowest BCUT2D eigenvalue weighted by molar-refractivity contribution is 0.282. The van der Waals surface area contributed by atoms with Gasteiger partial charge in [-0.15, -0.1) is 11.6 Å². The zero-order valence-electron chi connectivity index (χ0n) is 11.7. The van der Waals surface area contributed by atoms with Crippen LogP contribution in [-0.2, 0) is 5.54 Å². The summed E-state index contributed by atoms with van der Waals surface area (Å²) in [5, 5.41) is 3.59. The van der Waals surface area contributed by atoms with Crippen molar-refractivity contribution in [2.24, 2.45) is 0 Å². The van der Waals surface area contributed by atoms with Crippen molar-refractivity contribution in [1.82, 2.24) is 10.2 Å². The average Bonchev–Trinajstić information content (AvgIpc) is 2.44. The van der Waals surface area contributed by atoms with Gasteiger partial charge < -0.3 is 10.2 Å². The summed E-state index contributed by atoms with van der Waals surface area (Å²) >= 11 is 6.15. The van der Waals surface area contributed by atoms with Crippen LogP contribution < -0.4 is 5.32 Å². The monoisotopic (exact) mass is 268 g/mol. The highest BCUT2D eigenvalue weighted by Gasteiger charge is 2.24. The number of alkyl halides is 1. The molecule has 1 unspecified atom stereocenters. The Labute approximate surface area is 116 Å². The van der Waals surface area contributed by atoms with E-state index in [4.69, 9.17) is 11.6 Å². The molecule has 1 aromatic rings. The summed E-state index contributed by atoms with van der Waals surface area (Å²) < 4.78 is 0. The van der Waals surface area contributed by atoms with E-state index in [0.717, 1.165) is 26.2 Å². The molecule has 1 atom stereocenters. The van der Waals surface area contributed by atoms with E-state index in [-0.39, 0.29) is 5.54 Å². The fourth-order valence-electron chi connectivity index (χ4n) is 2.06. The molecule has 0 aliphatic rings. The summed E-state index contributed by atoms with van der Waals surface area (Å²) in [4.78, 5) is 2.41. The highest BCUT2D eigenvalue weighted by molar-refractivity contribution is 6.18. The molecule has 0 bridgehead atoms. The van der Waals surface area contributed by atoms with E-state index in [1.165, 1.54) is 5.56 Å². The Morgan fingerprint density at radius 2 is 1.78 bits per heavy atom. The summed E-state index contributed by atoms with van der Waals surface area (Å²) in [7, 11) is 0. The Morgan fingerprint density at radius 1 is 1.17 bits per heavy atom. The number of benzene rings is 1. The lowest BCUT2D eigenvalue weighted by atomic mass is 9.94. The van der Waals surface area contributed by atoms with Crippen molar-refractivity contribution in [2.45, 2.75) is 26.3 Å². The Bertz CT molecular complexity index is 325. The van der Waals surface area contributed by atoms with Crippen molar-refractivity contribution in [3.63, 3.8) is 0 Å². The molecule has 2 nitrogen and oxygen atoms in total. The second-order valence-electron chi connectivity index (χ2n) is 4.79. The van der Waals surface area contributed by atoms with Gasteiger partial charge in [0.15, 0.2) is 0 Å². The van der Waals surface area contributed by atoms with Gasteiger partial charge in [0.25, 0.3) is 0 Å². The summed E-state index contributed by atoms with van der Waals surface area (Å²) in [6, 6.07) is 10.4. The maximum absolute atomic E-state index is 6.15. The van der Waals surface area contributed by atoms with Crippen LogP contribution in [0.5, 0.6) is 0 Å². The topological polar surface area (TPSA) is 15.3 Å². The van der Waals surface area contributed by atoms with Gasteiger partial charge in [-0.05, 0) is 25.6 Å². The van der Waals surface area contributed by atoms with E-state index in [0.29, 0.717) is 5.88 Å². The second-order valence-corrected chi connectivity index (χ2v) is 5.05. The Kier molecular flexibility index (Phi) is 6.69. The fraction of sp³-hybridized carbons (Fsp3) is 0.600. The summed E-state index contributed by atoms with van der Waals surface area (Å²) in [6.07, 6.45) is 0. The van der Waals surface area contributed by atoms with Gasteiger partial charge >= 0.3 is 0 Å². The maximum atomic E-state index is 6.15. The molecule has 0 amide bonds. The molecular formula is C15H25ClN2. The SMILES string of the molecule is CCN(CC)CCNC(C)(CCl)c1ccccc1. The van der Waals surface area contributed by atoms with Crippen LogP contribution in [0.15, 0.2) is 30.3 Å². The maximum Gasteiger partial charge on any atom is 0.0543 e. The second kappa shape index (κ2) is 7.78. The van der Waals surface area contributed by atoms with Crippen molar-refractivity contribution in [3.05, 3.63) is 35.9 Å². The van der Waals surface area contributed by atoms with Crippen LogP contribution in [-0.4, -0.2) is 37.0 Å². The minimum absolute atomic E-state index is 0.143. The molecule has 102 valence electrons. The summed E-state index contributed by atoms with van der Waals surface area (Å²) in [6.45, 7) is 10.8. The Hall–Kier alpha value is -0.570. The van der Waals surface area contributed by atoms with Crippen molar-refractivity contribution >= 4 is 11.6 Å². The van der Waals surface area contributed by atoms with Crippen molar-refractivity contribution < 1.29 is 0 Å². The number of hydrogen-bond donors (Lipinski definition) is 1. The van der Waals surface area contributed by atoms with Gasteiger partial charge in [0.2, 0.25) is 0 Å². The minimum atomic E-state index is -0.143. The number of hydrogen-bond acceptors (Lipinski definition) is 2. The van der Waals surface area contributed by atoms with E-state index in [2.05, 4.69) is 55.3 Å². The lowest BCUT2D eigenvalue weighted by Crippen LogP contribution is -2.45. The van der Waals surface area contributed by atoms with Crippen molar-refractivity contribution in [1.29, 1.82) is 0 Å². The number of nitrogens with one attached hydrogen (secondary N) is 1. The van der Waals surface area contributed by atoms with Crippen LogP contribution in [0.4, 0.5) is 0 Å². The number of nitrogens with zero attached hydrogens (tertiary/aromatic N) is 1. The molecule has 1 aromatic carbocycles. The molecule has 0 spiro atoms. The van der Waals surface area contributed by atoms with Gasteiger partial charge in [-0.1, -0.05) is 44.2 Å². The molecular weight excluding hydrogens is 244 g/mol. The first-order chi connectivity index (χ1) is 8.66. The molecule has 0 radical (unpaired) electrons. The zero-order valence-corrected chi connectivity index (χ0v) is 12.5. The number of halogens is 1. The lowest BCUT2D eigenvalue weighted by Gasteiger charge is -2.30. The van der Waals surface area contributed by atoms with E-state index >= 15 is 0 Å². The first-order valence-corrected chi connectivity index (χ1v) is 7.28. The third kappa shape index (κ3) is 4.27. The standard InChI is InChI=1S/C15H25ClN2/c1-4-18(5-2)12-11-17-15(3,13-16)14-9-7-6-8-10-14/h6-10,17H,4-5,11-13H2,1-3H3. The minimum Gasteiger partial charge on any atom is -0.305 e. The van der Waals surface area contributed by atoms with Gasteiger partial charge in [-0.2, -0.15) is 0 Å². The van der Waals surface area contributed by atoms with Crippen LogP contribution in [0.1, 0.15) is 26.3 Å². The molecule has 0 aliphatic heterocycles. The number of likely N-dealkylation sites (N-methyl/N-ethyl adjacent to an activating group) is 1. The summed E-state index contributed by atoms with van der Waals surface area (Å²) in [5.41, 5.74) is 1.11. The molecule has 0 saturated heterocycles. The molecule has 3 heteroatoms. The highest BCUT2D eigenvalue weighted by atomic mass is 35.5. The van der Waals surface area contributed by atoms with E-state index in [1.807, 2.05) is 6.07 Å². The molecule has 0 saturated carbocycles. The largest absolute Gasteiger partial charge is 0.305 e. The molecule has 0 heterocycles. The first kappa shape index (κ1) is 15.5. The van der Waals surface area contributed by atoms with Gasteiger partial charge in [0.05, 0.1) is 5.54 Å². The highest BCUT2D eigenvalue weighted by Crippen LogP contribution is 2.21. The smallest absolute Gasteiger partial charge is 0.0543 e. The molecule has 0 fully saturated rings. The molecule has 1 N–H and O–H groups in total. The molecule has 0 aliphatic carbocycles. The van der Waals surface area contributed by atoms with E-state index < -0.39 is 0 Å². The van der Waals surface area contributed by atoms with Gasteiger partial charge in [-0.3, -0.25) is 0 Å². The third-order valence-electron chi connectivity index (χ3n) is 3.52. The Morgan fingerprint density at radius 3 is 2.28 bits per heavy atom. The first-order valence-electron chi connectivity index (χ1n) is 6.75.